The molecule has 1 N–H and O–H groups in total. The second kappa shape index (κ2) is 8.87. The zero-order valence-electron chi connectivity index (χ0n) is 14.9. The van der Waals surface area contributed by atoms with Crippen molar-refractivity contribution in [2.75, 3.05) is 19.0 Å². The van der Waals surface area contributed by atoms with E-state index in [9.17, 15) is 9.59 Å². The Balaban J connectivity index is 1.99. The molecule has 5 nitrogen and oxygen atoms in total. The van der Waals surface area contributed by atoms with Crippen molar-refractivity contribution in [1.82, 2.24) is 4.90 Å². The van der Waals surface area contributed by atoms with Gasteiger partial charge >= 0.3 is 0 Å². The molecule has 0 saturated heterocycles. The molecule has 0 fully saturated rings. The van der Waals surface area contributed by atoms with Gasteiger partial charge in [0.25, 0.3) is 0 Å². The molecule has 0 radical (unpaired) electrons. The summed E-state index contributed by atoms with van der Waals surface area (Å²) in [7, 11) is 1.55. The Morgan fingerprint density at radius 3 is 2.48 bits per heavy atom. The van der Waals surface area contributed by atoms with Gasteiger partial charge in [-0.2, -0.15) is 0 Å². The van der Waals surface area contributed by atoms with Crippen molar-refractivity contribution < 1.29 is 14.3 Å². The summed E-state index contributed by atoms with van der Waals surface area (Å²) in [4.78, 5) is 26.4. The van der Waals surface area contributed by atoms with E-state index in [-0.39, 0.29) is 18.2 Å². The SMILES string of the molecule is CCN(Cc1ccccc1)C(=O)CC(=O)Nc1cc(C)ccc1OC. The maximum atomic E-state index is 12.4. The molecule has 0 aliphatic heterocycles. The average molecular weight is 340 g/mol. The Bertz CT molecular complexity index is 729. The minimum atomic E-state index is -0.347. The van der Waals surface area contributed by atoms with E-state index in [0.29, 0.717) is 24.5 Å². The number of hydrogen-bond acceptors (Lipinski definition) is 3. The first-order valence-corrected chi connectivity index (χ1v) is 8.29. The van der Waals surface area contributed by atoms with Gasteiger partial charge in [-0.15, -0.1) is 0 Å². The molecule has 2 rings (SSSR count). The van der Waals surface area contributed by atoms with Crippen LogP contribution < -0.4 is 10.1 Å². The molecule has 2 aromatic rings. The van der Waals surface area contributed by atoms with Crippen LogP contribution in [-0.2, 0) is 16.1 Å². The summed E-state index contributed by atoms with van der Waals surface area (Å²) < 4.78 is 5.24. The van der Waals surface area contributed by atoms with Crippen molar-refractivity contribution in [1.29, 1.82) is 0 Å². The maximum absolute atomic E-state index is 12.4. The largest absolute Gasteiger partial charge is 0.495 e. The van der Waals surface area contributed by atoms with E-state index in [2.05, 4.69) is 5.32 Å². The highest BCUT2D eigenvalue weighted by molar-refractivity contribution is 6.04. The van der Waals surface area contributed by atoms with E-state index in [0.717, 1.165) is 11.1 Å². The summed E-state index contributed by atoms with van der Waals surface area (Å²) in [5, 5.41) is 2.76. The number of rotatable bonds is 7. The monoisotopic (exact) mass is 340 g/mol. The molecule has 0 spiro atoms. The van der Waals surface area contributed by atoms with Crippen LogP contribution in [0.2, 0.25) is 0 Å². The molecular formula is C20H24N2O3. The van der Waals surface area contributed by atoms with Gasteiger partial charge in [-0.1, -0.05) is 36.4 Å². The summed E-state index contributed by atoms with van der Waals surface area (Å²) >= 11 is 0. The molecular weight excluding hydrogens is 316 g/mol. The Labute approximate surface area is 148 Å². The number of nitrogens with zero attached hydrogens (tertiary/aromatic N) is 1. The molecule has 132 valence electrons. The van der Waals surface area contributed by atoms with Gasteiger partial charge in [0.2, 0.25) is 11.8 Å². The van der Waals surface area contributed by atoms with Gasteiger partial charge in [0.1, 0.15) is 12.2 Å². The smallest absolute Gasteiger partial charge is 0.233 e. The lowest BCUT2D eigenvalue weighted by Crippen LogP contribution is -2.33. The normalized spacial score (nSPS) is 10.2. The fraction of sp³-hybridized carbons (Fsp3) is 0.300. The molecule has 5 heteroatoms. The van der Waals surface area contributed by atoms with E-state index in [1.54, 1.807) is 18.1 Å². The van der Waals surface area contributed by atoms with Gasteiger partial charge in [0.05, 0.1) is 12.8 Å². The van der Waals surface area contributed by atoms with Gasteiger partial charge in [-0.05, 0) is 37.1 Å². The van der Waals surface area contributed by atoms with Crippen LogP contribution >= 0.6 is 0 Å². The van der Waals surface area contributed by atoms with Gasteiger partial charge in [0.15, 0.2) is 0 Å². The third-order valence-corrected chi connectivity index (χ3v) is 3.89. The van der Waals surface area contributed by atoms with Gasteiger partial charge in [0, 0.05) is 13.1 Å². The molecule has 0 bridgehead atoms. The van der Waals surface area contributed by atoms with Crippen LogP contribution in [0.25, 0.3) is 0 Å². The third-order valence-electron chi connectivity index (χ3n) is 3.89. The molecule has 0 saturated carbocycles. The molecule has 0 atom stereocenters. The number of benzene rings is 2. The highest BCUT2D eigenvalue weighted by atomic mass is 16.5. The van der Waals surface area contributed by atoms with Crippen molar-refractivity contribution >= 4 is 17.5 Å². The Morgan fingerprint density at radius 1 is 1.12 bits per heavy atom. The van der Waals surface area contributed by atoms with Crippen LogP contribution in [0.4, 0.5) is 5.69 Å². The van der Waals surface area contributed by atoms with E-state index in [1.807, 2.05) is 56.3 Å². The zero-order chi connectivity index (χ0) is 18.2. The van der Waals surface area contributed by atoms with Gasteiger partial charge < -0.3 is 15.0 Å². The predicted molar refractivity (Wildman–Crippen MR) is 98.5 cm³/mol. The average Bonchev–Trinajstić information content (AvgIpc) is 2.60. The Hall–Kier alpha value is -2.82. The van der Waals surface area contributed by atoms with Crippen LogP contribution in [0.5, 0.6) is 5.75 Å². The minimum Gasteiger partial charge on any atom is -0.495 e. The number of aryl methyl sites for hydroxylation is 1. The van der Waals surface area contributed by atoms with Crippen LogP contribution in [0.3, 0.4) is 0 Å². The van der Waals surface area contributed by atoms with E-state index in [1.165, 1.54) is 0 Å². The maximum Gasteiger partial charge on any atom is 0.233 e. The number of ether oxygens (including phenoxy) is 1. The van der Waals surface area contributed by atoms with Crippen LogP contribution in [0, 0.1) is 6.92 Å². The van der Waals surface area contributed by atoms with Crippen LogP contribution in [0.15, 0.2) is 48.5 Å². The standard InChI is InChI=1S/C20H24N2O3/c1-4-22(14-16-8-6-5-7-9-16)20(24)13-19(23)21-17-12-15(2)10-11-18(17)25-3/h5-12H,4,13-14H2,1-3H3,(H,21,23). The fourth-order valence-corrected chi connectivity index (χ4v) is 2.54. The van der Waals surface area contributed by atoms with Crippen molar-refractivity contribution in [2.45, 2.75) is 26.8 Å². The van der Waals surface area contributed by atoms with Gasteiger partial charge in [-0.25, -0.2) is 0 Å². The fourth-order valence-electron chi connectivity index (χ4n) is 2.54. The first kappa shape index (κ1) is 18.5. The lowest BCUT2D eigenvalue weighted by atomic mass is 10.2. The van der Waals surface area contributed by atoms with Crippen molar-refractivity contribution in [3.05, 3.63) is 59.7 Å². The molecule has 2 aromatic carbocycles. The van der Waals surface area contributed by atoms with Gasteiger partial charge in [-0.3, -0.25) is 9.59 Å². The van der Waals surface area contributed by atoms with E-state index < -0.39 is 0 Å². The second-order valence-electron chi connectivity index (χ2n) is 5.82. The van der Waals surface area contributed by atoms with Crippen molar-refractivity contribution in [2.24, 2.45) is 0 Å². The number of amides is 2. The zero-order valence-corrected chi connectivity index (χ0v) is 14.9. The number of carbonyl (C=O) groups excluding carboxylic acids is 2. The van der Waals surface area contributed by atoms with Crippen LogP contribution in [0.1, 0.15) is 24.5 Å². The van der Waals surface area contributed by atoms with Crippen LogP contribution in [-0.4, -0.2) is 30.4 Å². The Kier molecular flexibility index (Phi) is 6.57. The van der Waals surface area contributed by atoms with Crippen molar-refractivity contribution in [3.63, 3.8) is 0 Å². The highest BCUT2D eigenvalue weighted by Crippen LogP contribution is 2.25. The lowest BCUT2D eigenvalue weighted by molar-refractivity contribution is -0.134. The minimum absolute atomic E-state index is 0.197. The Morgan fingerprint density at radius 2 is 1.84 bits per heavy atom. The third kappa shape index (κ3) is 5.35. The first-order chi connectivity index (χ1) is 12.0. The lowest BCUT2D eigenvalue weighted by Gasteiger charge is -2.21. The predicted octanol–water partition coefficient (Wildman–Crippen LogP) is 3.38. The number of methoxy groups -OCH3 is 1. The van der Waals surface area contributed by atoms with E-state index >= 15 is 0 Å². The molecule has 0 aliphatic rings. The summed E-state index contributed by atoms with van der Waals surface area (Å²) in [6, 6.07) is 15.3. The quantitative estimate of drug-likeness (QED) is 0.786. The summed E-state index contributed by atoms with van der Waals surface area (Å²) in [6.07, 6.45) is -0.197. The second-order valence-corrected chi connectivity index (χ2v) is 5.82. The first-order valence-electron chi connectivity index (χ1n) is 8.29. The highest BCUT2D eigenvalue weighted by Gasteiger charge is 2.17. The molecule has 0 heterocycles. The summed E-state index contributed by atoms with van der Waals surface area (Å²) in [6.45, 7) is 4.88. The molecule has 25 heavy (non-hydrogen) atoms. The number of hydrogen-bond donors (Lipinski definition) is 1. The number of nitrogens with one attached hydrogen (secondary N) is 1. The summed E-state index contributed by atoms with van der Waals surface area (Å²) in [5.41, 5.74) is 2.62. The number of anilines is 1. The number of carbonyl (C=O) groups is 2. The molecule has 0 aliphatic carbocycles. The van der Waals surface area contributed by atoms with E-state index in [4.69, 9.17) is 4.74 Å². The molecule has 2 amide bonds. The van der Waals surface area contributed by atoms with Crippen molar-refractivity contribution in [3.8, 4) is 5.75 Å². The molecule has 0 unspecified atom stereocenters. The molecule has 0 aromatic heterocycles. The topological polar surface area (TPSA) is 58.6 Å². The summed E-state index contributed by atoms with van der Waals surface area (Å²) in [5.74, 6) is 0.0268.